The maximum absolute atomic E-state index is 10.0. The average molecular weight is 774 g/mol. The molecule has 4 nitrogen and oxygen atoms in total. The van der Waals surface area contributed by atoms with E-state index in [9.17, 15) is 4.79 Å². The van der Waals surface area contributed by atoms with Gasteiger partial charge in [-0.2, -0.15) is 0 Å². The summed E-state index contributed by atoms with van der Waals surface area (Å²) >= 11 is -1.94. The Labute approximate surface area is 253 Å². The number of hydrogen-bond donors (Lipinski definition) is 1. The number of pyridine rings is 1. The molecule has 0 amide bonds. The van der Waals surface area contributed by atoms with Gasteiger partial charge in [-0.1, -0.05) is 0 Å². The molecule has 1 radical (unpaired) electrons. The largest absolute Gasteiger partial charge is 0 e. The van der Waals surface area contributed by atoms with Crippen LogP contribution in [-0.2, 0) is 24.9 Å². The van der Waals surface area contributed by atoms with Crippen molar-refractivity contribution in [2.24, 2.45) is 0 Å². The van der Waals surface area contributed by atoms with Gasteiger partial charge >= 0.3 is 193 Å². The summed E-state index contributed by atoms with van der Waals surface area (Å²) in [5.41, 5.74) is 5.09. The van der Waals surface area contributed by atoms with E-state index in [1.165, 1.54) is 40.7 Å². The molecule has 1 N–H and O–H groups in total. The second kappa shape index (κ2) is 13.3. The number of rotatable bonds is 6. The average Bonchev–Trinajstić information content (AvgIpc) is 3.26. The van der Waals surface area contributed by atoms with Crippen LogP contribution in [-0.4, -0.2) is 29.1 Å². The van der Waals surface area contributed by atoms with Gasteiger partial charge < -0.3 is 5.11 Å². The molecule has 40 heavy (non-hydrogen) atoms. The molecule has 0 fully saturated rings. The minimum absolute atomic E-state index is 0. The molecule has 0 atom stereocenters. The molecule has 0 aliphatic carbocycles. The fourth-order valence-corrected chi connectivity index (χ4v) is 7.54. The SMILES string of the molecule is CC(=O)/C=C(/C)O.CCC(CC)c1cc(-c2nccc3c2oc2cc[c]([Ge]([CH3])([CH3])[CH3])cc23)[c-]c2ccccc12.[Ir]. The van der Waals surface area contributed by atoms with E-state index in [2.05, 4.69) is 91.8 Å². The van der Waals surface area contributed by atoms with E-state index < -0.39 is 13.3 Å². The second-order valence-corrected chi connectivity index (χ2v) is 21.8. The number of carbonyl (C=O) groups excluding carboxylic acids is 1. The summed E-state index contributed by atoms with van der Waals surface area (Å²) in [4.78, 5) is 14.8. The number of allylic oxidation sites excluding steroid dienone is 2. The summed E-state index contributed by atoms with van der Waals surface area (Å²) in [5.74, 6) is 7.75. The van der Waals surface area contributed by atoms with Gasteiger partial charge in [0.2, 0.25) is 0 Å². The fraction of sp³-hybridized carbons (Fsp3) is 0.294. The van der Waals surface area contributed by atoms with Gasteiger partial charge in [-0.15, -0.1) is 0 Å². The Hall–Kier alpha value is -2.73. The molecule has 0 aliphatic rings. The summed E-state index contributed by atoms with van der Waals surface area (Å²) in [6, 6.07) is 23.4. The van der Waals surface area contributed by atoms with Crippen LogP contribution < -0.4 is 4.40 Å². The van der Waals surface area contributed by atoms with E-state index in [4.69, 9.17) is 14.5 Å². The Bertz CT molecular complexity index is 1670. The van der Waals surface area contributed by atoms with Crippen molar-refractivity contribution in [3.8, 4) is 11.3 Å². The van der Waals surface area contributed by atoms with Crippen molar-refractivity contribution in [1.29, 1.82) is 0 Å². The smallest absolute Gasteiger partial charge is 0 e. The molecule has 0 saturated heterocycles. The van der Waals surface area contributed by atoms with Crippen LogP contribution in [0.5, 0.6) is 0 Å². The Morgan fingerprint density at radius 1 is 1.00 bits per heavy atom. The number of benzene rings is 3. The molecule has 5 rings (SSSR count). The Kier molecular flexibility index (Phi) is 10.6. The molecule has 2 aromatic heterocycles. The van der Waals surface area contributed by atoms with Gasteiger partial charge in [-0.3, -0.25) is 4.79 Å². The van der Waals surface area contributed by atoms with Crippen molar-refractivity contribution in [1.82, 2.24) is 4.98 Å². The summed E-state index contributed by atoms with van der Waals surface area (Å²) in [6.07, 6.45) is 5.32. The normalized spacial score (nSPS) is 11.9. The standard InChI is InChI=1S/C29H30GeNO.C5H8O2.Ir/c1-6-19(7-2)25-17-21(16-20-10-8-9-11-23(20)25)28-29-24(14-15-31-28)26-18-22(30(3,4)5)12-13-27(26)32-29;1-4(6)3-5(2)7;/h8-15,17-19H,6-7H2,1-5H3;3,6H,1-2H3;/q-1;;/b;4-3-;. The zero-order chi connectivity index (χ0) is 28.3. The Balaban J connectivity index is 0.000000492. The molecule has 3 aromatic carbocycles. The molecule has 0 bridgehead atoms. The van der Waals surface area contributed by atoms with Crippen LogP contribution in [0.15, 0.2) is 77.0 Å². The number of carbonyl (C=O) groups is 1. The third-order valence-electron chi connectivity index (χ3n) is 7.15. The Morgan fingerprint density at radius 3 is 2.30 bits per heavy atom. The molecule has 0 aliphatic heterocycles. The van der Waals surface area contributed by atoms with E-state index in [1.807, 2.05) is 6.20 Å². The van der Waals surface area contributed by atoms with E-state index >= 15 is 0 Å². The molecular formula is C34H38GeIrNO3-. The molecule has 211 valence electrons. The van der Waals surface area contributed by atoms with Crippen molar-refractivity contribution < 1.29 is 34.4 Å². The van der Waals surface area contributed by atoms with E-state index in [-0.39, 0.29) is 31.6 Å². The third kappa shape index (κ3) is 6.94. The summed E-state index contributed by atoms with van der Waals surface area (Å²) in [5, 5.41) is 13.1. The van der Waals surface area contributed by atoms with Gasteiger partial charge in [0.25, 0.3) is 0 Å². The van der Waals surface area contributed by atoms with Gasteiger partial charge in [0.05, 0.1) is 5.76 Å². The predicted molar refractivity (Wildman–Crippen MR) is 167 cm³/mol. The molecule has 6 heteroatoms. The maximum Gasteiger partial charge on any atom is 0 e. The van der Waals surface area contributed by atoms with Crippen LogP contribution in [0.25, 0.3) is 44.0 Å². The quantitative estimate of drug-likeness (QED) is 0.0810. The first kappa shape index (κ1) is 31.8. The minimum Gasteiger partial charge on any atom is 0 e. The zero-order valence-electron chi connectivity index (χ0n) is 24.4. The molecule has 0 saturated carbocycles. The van der Waals surface area contributed by atoms with E-state index in [1.54, 1.807) is 0 Å². The van der Waals surface area contributed by atoms with Crippen molar-refractivity contribution in [2.75, 3.05) is 0 Å². The minimum atomic E-state index is -1.94. The number of aliphatic hydroxyl groups excluding tert-OH is 1. The first-order chi connectivity index (χ1) is 18.5. The first-order valence-corrected chi connectivity index (χ1v) is 21.0. The van der Waals surface area contributed by atoms with Crippen LogP contribution in [0.3, 0.4) is 0 Å². The van der Waals surface area contributed by atoms with Crippen molar-refractivity contribution in [3.05, 3.63) is 84.3 Å². The monoisotopic (exact) mass is 775 g/mol. The zero-order valence-corrected chi connectivity index (χ0v) is 28.9. The van der Waals surface area contributed by atoms with Crippen molar-refractivity contribution in [2.45, 2.75) is 63.7 Å². The number of furan rings is 1. The number of nitrogens with zero attached hydrogens (tertiary/aromatic N) is 1. The molecule has 2 heterocycles. The summed E-state index contributed by atoms with van der Waals surface area (Å²) in [6.45, 7) is 7.39. The van der Waals surface area contributed by atoms with Crippen LogP contribution in [0.1, 0.15) is 52.0 Å². The first-order valence-electron chi connectivity index (χ1n) is 13.7. The molecule has 5 aromatic rings. The van der Waals surface area contributed by atoms with E-state index in [0.717, 1.165) is 46.0 Å². The number of ketones is 1. The number of aliphatic hydroxyl groups is 1. The van der Waals surface area contributed by atoms with Crippen LogP contribution in [0, 0.1) is 6.07 Å². The predicted octanol–water partition coefficient (Wildman–Crippen LogP) is 9.08. The Morgan fingerprint density at radius 2 is 1.70 bits per heavy atom. The van der Waals surface area contributed by atoms with Gasteiger partial charge in [-0.25, -0.2) is 0 Å². The van der Waals surface area contributed by atoms with Crippen molar-refractivity contribution in [3.63, 3.8) is 0 Å². The fourth-order valence-electron chi connectivity index (χ4n) is 5.11. The maximum atomic E-state index is 10.0. The molecule has 0 spiro atoms. The van der Waals surface area contributed by atoms with Crippen LogP contribution in [0.2, 0.25) is 17.3 Å². The van der Waals surface area contributed by atoms with Gasteiger partial charge in [0, 0.05) is 26.2 Å². The van der Waals surface area contributed by atoms with Crippen LogP contribution >= 0.6 is 0 Å². The number of hydrogen-bond acceptors (Lipinski definition) is 4. The summed E-state index contributed by atoms with van der Waals surface area (Å²) < 4.78 is 7.90. The van der Waals surface area contributed by atoms with Gasteiger partial charge in [-0.05, 0) is 13.8 Å². The van der Waals surface area contributed by atoms with Crippen molar-refractivity contribution >= 4 is 56.2 Å². The second-order valence-electron chi connectivity index (χ2n) is 11.2. The number of aromatic nitrogens is 1. The van der Waals surface area contributed by atoms with Gasteiger partial charge in [0.15, 0.2) is 5.78 Å². The van der Waals surface area contributed by atoms with E-state index in [0.29, 0.717) is 5.92 Å². The van der Waals surface area contributed by atoms with Gasteiger partial charge in [0.1, 0.15) is 0 Å². The topological polar surface area (TPSA) is 63.3 Å². The number of fused-ring (bicyclic) bond motifs is 4. The third-order valence-corrected chi connectivity index (χ3v) is 11.4. The molecule has 0 unspecified atom stereocenters. The van der Waals surface area contributed by atoms with Crippen LogP contribution in [0.4, 0.5) is 0 Å². The molecular weight excluding hydrogens is 735 g/mol. The summed E-state index contributed by atoms with van der Waals surface area (Å²) in [7, 11) is 0.